The van der Waals surface area contributed by atoms with E-state index < -0.39 is 8.07 Å². The first-order valence-electron chi connectivity index (χ1n) is 7.36. The van der Waals surface area contributed by atoms with E-state index in [-0.39, 0.29) is 0 Å². The zero-order chi connectivity index (χ0) is 16.6. The van der Waals surface area contributed by atoms with Crippen molar-refractivity contribution in [2.75, 3.05) is 11.5 Å². The summed E-state index contributed by atoms with van der Waals surface area (Å²) >= 11 is 0. The summed E-state index contributed by atoms with van der Waals surface area (Å²) < 4.78 is 0. The van der Waals surface area contributed by atoms with Crippen molar-refractivity contribution in [3.8, 4) is 22.6 Å². The van der Waals surface area contributed by atoms with Crippen LogP contribution in [-0.4, -0.2) is 23.3 Å². The van der Waals surface area contributed by atoms with Crippen molar-refractivity contribution in [3.63, 3.8) is 0 Å². The molecule has 3 rings (SSSR count). The Morgan fingerprint density at radius 2 is 1.87 bits per heavy atom. The zero-order valence-corrected chi connectivity index (χ0v) is 14.4. The number of nitrogens with one attached hydrogen (secondary N) is 1. The van der Waals surface area contributed by atoms with Gasteiger partial charge in [0.15, 0.2) is 5.82 Å². The van der Waals surface area contributed by atoms with E-state index >= 15 is 0 Å². The van der Waals surface area contributed by atoms with Crippen LogP contribution in [0.4, 0.5) is 11.6 Å². The van der Waals surface area contributed by atoms with Gasteiger partial charge in [-0.3, -0.25) is 5.10 Å². The maximum absolute atomic E-state index is 5.99. The van der Waals surface area contributed by atoms with Crippen molar-refractivity contribution in [2.45, 2.75) is 19.6 Å². The number of rotatable bonds is 1. The molecular formula is C17H19N5Si. The predicted molar refractivity (Wildman–Crippen MR) is 98.4 cm³/mol. The summed E-state index contributed by atoms with van der Waals surface area (Å²) in [6, 6.07) is 7.81. The number of nitrogens with zero attached hydrogens (tertiary/aromatic N) is 2. The molecule has 0 aliphatic carbocycles. The second-order valence-corrected chi connectivity index (χ2v) is 11.3. The number of pyridine rings is 1. The van der Waals surface area contributed by atoms with E-state index in [4.69, 9.17) is 11.5 Å². The van der Waals surface area contributed by atoms with E-state index in [0.29, 0.717) is 11.6 Å². The number of anilines is 2. The summed E-state index contributed by atoms with van der Waals surface area (Å²) in [4.78, 5) is 4.04. The standard InChI is InChI=1S/C17H19N5Si/c1-23(2,3)7-5-12-8-13(11-4-6-20-15(18)10-11)9-14-16(12)21-22-17(14)19/h4,6,8-10H,1-3H3,(H2,18,20)(H3,19,21,22). The van der Waals surface area contributed by atoms with Crippen molar-refractivity contribution in [2.24, 2.45) is 0 Å². The van der Waals surface area contributed by atoms with Crippen LogP contribution in [0.3, 0.4) is 0 Å². The number of nitrogens with two attached hydrogens (primary N) is 2. The maximum Gasteiger partial charge on any atom is 0.153 e. The smallest absolute Gasteiger partial charge is 0.153 e. The van der Waals surface area contributed by atoms with Crippen LogP contribution in [0, 0.1) is 11.5 Å². The topological polar surface area (TPSA) is 93.6 Å². The van der Waals surface area contributed by atoms with Gasteiger partial charge in [-0.1, -0.05) is 25.6 Å². The van der Waals surface area contributed by atoms with Crippen molar-refractivity contribution in [3.05, 3.63) is 36.0 Å². The Morgan fingerprint density at radius 3 is 2.57 bits per heavy atom. The second kappa shape index (κ2) is 5.45. The molecule has 5 nitrogen and oxygen atoms in total. The second-order valence-electron chi connectivity index (χ2n) is 6.52. The van der Waals surface area contributed by atoms with Crippen LogP contribution >= 0.6 is 0 Å². The molecule has 2 heterocycles. The first-order valence-corrected chi connectivity index (χ1v) is 10.9. The first kappa shape index (κ1) is 15.1. The Labute approximate surface area is 136 Å². The minimum Gasteiger partial charge on any atom is -0.384 e. The molecule has 116 valence electrons. The fourth-order valence-electron chi connectivity index (χ4n) is 2.29. The molecule has 2 aromatic heterocycles. The Morgan fingerprint density at radius 1 is 1.09 bits per heavy atom. The Hall–Kier alpha value is -2.78. The van der Waals surface area contributed by atoms with Gasteiger partial charge < -0.3 is 11.5 Å². The minimum absolute atomic E-state index is 0.472. The van der Waals surface area contributed by atoms with E-state index in [1.54, 1.807) is 6.20 Å². The molecule has 3 aromatic rings. The Kier molecular flexibility index (Phi) is 3.58. The van der Waals surface area contributed by atoms with Crippen LogP contribution in [-0.2, 0) is 0 Å². The van der Waals surface area contributed by atoms with Crippen LogP contribution in [0.2, 0.25) is 19.6 Å². The van der Waals surface area contributed by atoms with Gasteiger partial charge in [0.25, 0.3) is 0 Å². The van der Waals surface area contributed by atoms with Gasteiger partial charge in [-0.25, -0.2) is 4.98 Å². The number of fused-ring (bicyclic) bond motifs is 1. The van der Waals surface area contributed by atoms with E-state index in [9.17, 15) is 0 Å². The average molecular weight is 321 g/mol. The Balaban J connectivity index is 2.24. The van der Waals surface area contributed by atoms with Gasteiger partial charge in [-0.2, -0.15) is 5.10 Å². The lowest BCUT2D eigenvalue weighted by atomic mass is 10.0. The lowest BCUT2D eigenvalue weighted by Crippen LogP contribution is -2.16. The predicted octanol–water partition coefficient (Wildman–Crippen LogP) is 3.02. The molecular weight excluding hydrogens is 302 g/mol. The third kappa shape index (κ3) is 3.20. The largest absolute Gasteiger partial charge is 0.384 e. The fraction of sp³-hybridized carbons (Fsp3) is 0.176. The molecule has 0 aliphatic heterocycles. The molecule has 0 amide bonds. The van der Waals surface area contributed by atoms with Gasteiger partial charge in [-0.15, -0.1) is 5.54 Å². The highest BCUT2D eigenvalue weighted by Gasteiger charge is 2.12. The molecule has 5 N–H and O–H groups in total. The van der Waals surface area contributed by atoms with Crippen LogP contribution in [0.5, 0.6) is 0 Å². The molecule has 0 saturated carbocycles. The quantitative estimate of drug-likeness (QED) is 0.474. The lowest BCUT2D eigenvalue weighted by molar-refractivity contribution is 1.13. The molecule has 0 atom stereocenters. The third-order valence-electron chi connectivity index (χ3n) is 3.39. The van der Waals surface area contributed by atoms with E-state index in [1.807, 2.05) is 24.3 Å². The molecule has 23 heavy (non-hydrogen) atoms. The van der Waals surface area contributed by atoms with Gasteiger partial charge in [0.2, 0.25) is 0 Å². The maximum atomic E-state index is 5.99. The molecule has 0 spiro atoms. The van der Waals surface area contributed by atoms with E-state index in [0.717, 1.165) is 27.6 Å². The van der Waals surface area contributed by atoms with Gasteiger partial charge in [-0.05, 0) is 35.4 Å². The number of aromatic amines is 1. The molecule has 0 bridgehead atoms. The van der Waals surface area contributed by atoms with Crippen LogP contribution < -0.4 is 11.5 Å². The van der Waals surface area contributed by atoms with E-state index in [1.165, 1.54) is 0 Å². The van der Waals surface area contributed by atoms with Gasteiger partial charge in [0.05, 0.1) is 11.1 Å². The van der Waals surface area contributed by atoms with Crippen molar-refractivity contribution in [1.82, 2.24) is 15.2 Å². The van der Waals surface area contributed by atoms with Gasteiger partial charge in [0.1, 0.15) is 13.9 Å². The highest BCUT2D eigenvalue weighted by atomic mass is 28.3. The summed E-state index contributed by atoms with van der Waals surface area (Å²) in [6.45, 7) is 6.64. The number of nitrogen functional groups attached to an aromatic ring is 2. The molecule has 0 fully saturated rings. The monoisotopic (exact) mass is 321 g/mol. The Bertz CT molecular complexity index is 941. The lowest BCUT2D eigenvalue weighted by Gasteiger charge is -2.06. The van der Waals surface area contributed by atoms with Gasteiger partial charge >= 0.3 is 0 Å². The number of aromatic nitrogens is 3. The molecule has 1 aromatic carbocycles. The molecule has 0 aliphatic rings. The summed E-state index contributed by atoms with van der Waals surface area (Å²) in [7, 11) is -1.48. The van der Waals surface area contributed by atoms with Crippen molar-refractivity contribution >= 4 is 30.6 Å². The average Bonchev–Trinajstić information content (AvgIpc) is 2.86. The highest BCUT2D eigenvalue weighted by molar-refractivity contribution is 6.83. The summed E-state index contributed by atoms with van der Waals surface area (Å²) in [5.74, 6) is 4.26. The molecule has 0 saturated heterocycles. The number of H-pyrrole nitrogens is 1. The number of hydrogen-bond donors (Lipinski definition) is 3. The summed E-state index contributed by atoms with van der Waals surface area (Å²) in [6.07, 6.45) is 1.70. The SMILES string of the molecule is C[Si](C)(C)C#Cc1cc(-c2ccnc(N)c2)cc2c(N)n[nH]c12. The van der Waals surface area contributed by atoms with Crippen LogP contribution in [0.25, 0.3) is 22.0 Å². The fourth-order valence-corrected chi connectivity index (χ4v) is 2.80. The summed E-state index contributed by atoms with van der Waals surface area (Å²) in [5, 5.41) is 7.97. The number of benzene rings is 1. The number of hydrogen-bond acceptors (Lipinski definition) is 4. The van der Waals surface area contributed by atoms with Crippen LogP contribution in [0.15, 0.2) is 30.5 Å². The first-order chi connectivity index (χ1) is 10.8. The third-order valence-corrected chi connectivity index (χ3v) is 4.26. The van der Waals surface area contributed by atoms with Crippen molar-refractivity contribution < 1.29 is 0 Å². The molecule has 6 heteroatoms. The molecule has 0 radical (unpaired) electrons. The van der Waals surface area contributed by atoms with E-state index in [2.05, 4.69) is 46.3 Å². The normalized spacial score (nSPS) is 11.3. The zero-order valence-electron chi connectivity index (χ0n) is 13.4. The summed E-state index contributed by atoms with van der Waals surface area (Å²) in [5.41, 5.74) is 18.9. The van der Waals surface area contributed by atoms with Crippen LogP contribution in [0.1, 0.15) is 5.56 Å². The highest BCUT2D eigenvalue weighted by Crippen LogP contribution is 2.29. The minimum atomic E-state index is -1.48. The molecule has 0 unspecified atom stereocenters. The van der Waals surface area contributed by atoms with Crippen molar-refractivity contribution in [1.29, 1.82) is 0 Å². The van der Waals surface area contributed by atoms with Gasteiger partial charge in [0, 0.05) is 11.6 Å².